The Morgan fingerprint density at radius 3 is 2.00 bits per heavy atom. The Hall–Kier alpha value is -0.810. The summed E-state index contributed by atoms with van der Waals surface area (Å²) in [4.78, 5) is 21.2. The molecule has 1 aliphatic rings. The van der Waals surface area contributed by atoms with Crippen LogP contribution in [0.3, 0.4) is 0 Å². The first-order valence-corrected chi connectivity index (χ1v) is 6.74. The van der Waals surface area contributed by atoms with Crippen molar-refractivity contribution in [3.8, 4) is 0 Å². The van der Waals surface area contributed by atoms with Crippen molar-refractivity contribution >= 4 is 6.16 Å². The van der Waals surface area contributed by atoms with Crippen molar-refractivity contribution in [2.24, 2.45) is 0 Å². The van der Waals surface area contributed by atoms with E-state index in [4.69, 9.17) is 9.62 Å². The number of hydrogen-bond donors (Lipinski definition) is 1. The molecule has 1 N–H and O–H groups in total. The van der Waals surface area contributed by atoms with Gasteiger partial charge in [0.15, 0.2) is 0 Å². The third-order valence-corrected chi connectivity index (χ3v) is 2.78. The van der Waals surface area contributed by atoms with Crippen molar-refractivity contribution in [3.63, 3.8) is 0 Å². The second kappa shape index (κ2) is 5.29. The van der Waals surface area contributed by atoms with Gasteiger partial charge in [-0.1, -0.05) is 0 Å². The first-order valence-electron chi connectivity index (χ1n) is 6.74. The molecule has 1 fully saturated rings. The van der Waals surface area contributed by atoms with Crippen LogP contribution in [0.25, 0.3) is 0 Å². The fraction of sp³-hybridized carbons (Fsp3) is 0.929. The van der Waals surface area contributed by atoms with Crippen LogP contribution in [0.2, 0.25) is 0 Å². The van der Waals surface area contributed by atoms with Gasteiger partial charge in [-0.15, -0.1) is 0 Å². The predicted molar refractivity (Wildman–Crippen MR) is 72.7 cm³/mol. The zero-order chi connectivity index (χ0) is 14.9. The van der Waals surface area contributed by atoms with Crippen LogP contribution in [0.5, 0.6) is 0 Å². The summed E-state index contributed by atoms with van der Waals surface area (Å²) in [5.74, 6) is 0. The molecule has 0 aromatic rings. The fourth-order valence-electron chi connectivity index (χ4n) is 2.63. The van der Waals surface area contributed by atoms with Gasteiger partial charge in [0.1, 0.15) is 11.7 Å². The molecule has 1 saturated heterocycles. The number of carbonyl (C=O) groups is 1. The van der Waals surface area contributed by atoms with E-state index in [1.807, 2.05) is 0 Å². The van der Waals surface area contributed by atoms with Crippen LogP contribution < -0.4 is 5.32 Å². The van der Waals surface area contributed by atoms with Gasteiger partial charge in [-0.25, -0.2) is 4.79 Å². The zero-order valence-corrected chi connectivity index (χ0v) is 13.1. The van der Waals surface area contributed by atoms with Crippen LogP contribution in [0.15, 0.2) is 0 Å². The molecular weight excluding hydrogens is 246 g/mol. The van der Waals surface area contributed by atoms with Crippen LogP contribution >= 0.6 is 0 Å². The van der Waals surface area contributed by atoms with E-state index in [2.05, 4.69) is 37.9 Å². The molecule has 1 heterocycles. The molecule has 0 spiro atoms. The number of piperidine rings is 1. The van der Waals surface area contributed by atoms with Gasteiger partial charge in [-0.05, 0) is 48.5 Å². The lowest BCUT2D eigenvalue weighted by atomic mass is 9.81. The highest BCUT2D eigenvalue weighted by Gasteiger charge is 2.39. The van der Waals surface area contributed by atoms with E-state index < -0.39 is 11.8 Å². The van der Waals surface area contributed by atoms with Crippen LogP contribution in [-0.4, -0.2) is 28.9 Å². The Morgan fingerprint density at radius 1 is 1.11 bits per heavy atom. The molecule has 19 heavy (non-hydrogen) atoms. The maximum atomic E-state index is 11.6. The SMILES string of the molecule is CC1(C)CC(OC(=O)OOC(C)(C)C)CC(C)(C)N1. The third kappa shape index (κ3) is 6.25. The summed E-state index contributed by atoms with van der Waals surface area (Å²) in [6.07, 6.45) is 0.568. The molecule has 5 heteroatoms. The molecule has 1 aliphatic heterocycles. The fourth-order valence-corrected chi connectivity index (χ4v) is 2.63. The summed E-state index contributed by atoms with van der Waals surface area (Å²) in [7, 11) is 0. The highest BCUT2D eigenvalue weighted by molar-refractivity contribution is 5.59. The normalized spacial score (nSPS) is 22.9. The summed E-state index contributed by atoms with van der Waals surface area (Å²) < 4.78 is 5.33. The summed E-state index contributed by atoms with van der Waals surface area (Å²) in [6, 6.07) is 0. The second-order valence-electron chi connectivity index (χ2n) is 7.57. The van der Waals surface area contributed by atoms with Gasteiger partial charge < -0.3 is 10.1 Å². The van der Waals surface area contributed by atoms with E-state index in [-0.39, 0.29) is 17.2 Å². The average Bonchev–Trinajstić information content (AvgIpc) is 2.07. The highest BCUT2D eigenvalue weighted by atomic mass is 17.2. The molecule has 1 rings (SSSR count). The largest absolute Gasteiger partial charge is 0.540 e. The number of hydrogen-bond acceptors (Lipinski definition) is 5. The van der Waals surface area contributed by atoms with E-state index >= 15 is 0 Å². The molecule has 5 nitrogen and oxygen atoms in total. The van der Waals surface area contributed by atoms with Gasteiger partial charge in [0.25, 0.3) is 0 Å². The minimum absolute atomic E-state index is 0.0718. The van der Waals surface area contributed by atoms with Crippen LogP contribution in [-0.2, 0) is 14.5 Å². The van der Waals surface area contributed by atoms with Gasteiger partial charge in [0.2, 0.25) is 0 Å². The smallest absolute Gasteiger partial charge is 0.429 e. The standard InChI is InChI=1S/C14H27NO4/c1-12(2,3)19-18-11(16)17-10-8-13(4,5)15-14(6,7)9-10/h10,15H,8-9H2,1-7H3. The number of carbonyl (C=O) groups excluding carboxylic acids is 1. The Bertz CT molecular complexity index is 315. The molecule has 0 aromatic carbocycles. The Kier molecular flexibility index (Phi) is 4.52. The van der Waals surface area contributed by atoms with Gasteiger partial charge in [0.05, 0.1) is 0 Å². The minimum atomic E-state index is -0.770. The van der Waals surface area contributed by atoms with Gasteiger partial charge >= 0.3 is 6.16 Å². The quantitative estimate of drug-likeness (QED) is 0.476. The van der Waals surface area contributed by atoms with Crippen molar-refractivity contribution in [2.75, 3.05) is 0 Å². The molecule has 0 unspecified atom stereocenters. The lowest BCUT2D eigenvalue weighted by molar-refractivity contribution is -0.314. The van der Waals surface area contributed by atoms with E-state index in [1.54, 1.807) is 20.8 Å². The molecule has 0 atom stereocenters. The monoisotopic (exact) mass is 273 g/mol. The lowest BCUT2D eigenvalue weighted by Crippen LogP contribution is -2.59. The van der Waals surface area contributed by atoms with Gasteiger partial charge in [0, 0.05) is 23.9 Å². The van der Waals surface area contributed by atoms with Gasteiger partial charge in [-0.2, -0.15) is 4.89 Å². The minimum Gasteiger partial charge on any atom is -0.429 e. The van der Waals surface area contributed by atoms with E-state index in [0.717, 1.165) is 12.8 Å². The Balaban J connectivity index is 2.50. The first-order chi connectivity index (χ1) is 8.39. The number of ether oxygens (including phenoxy) is 1. The van der Waals surface area contributed by atoms with Crippen LogP contribution in [0, 0.1) is 0 Å². The van der Waals surface area contributed by atoms with Crippen LogP contribution in [0.1, 0.15) is 61.3 Å². The molecule has 112 valence electrons. The number of nitrogens with one attached hydrogen (secondary N) is 1. The van der Waals surface area contributed by atoms with Crippen molar-refractivity contribution in [1.82, 2.24) is 5.32 Å². The van der Waals surface area contributed by atoms with Crippen molar-refractivity contribution in [3.05, 3.63) is 0 Å². The number of rotatable bonds is 2. The lowest BCUT2D eigenvalue weighted by Gasteiger charge is -2.45. The summed E-state index contributed by atoms with van der Waals surface area (Å²) in [6.45, 7) is 13.8. The molecular formula is C14H27NO4. The third-order valence-electron chi connectivity index (χ3n) is 2.78. The summed E-state index contributed by atoms with van der Waals surface area (Å²) in [5, 5.41) is 3.53. The second-order valence-corrected chi connectivity index (χ2v) is 7.57. The average molecular weight is 273 g/mol. The Labute approximate surface area is 115 Å². The van der Waals surface area contributed by atoms with E-state index in [0.29, 0.717) is 0 Å². The van der Waals surface area contributed by atoms with Gasteiger partial charge in [-0.3, -0.25) is 4.89 Å². The summed E-state index contributed by atoms with van der Waals surface area (Å²) in [5.41, 5.74) is -0.680. The van der Waals surface area contributed by atoms with Crippen molar-refractivity contribution < 1.29 is 19.3 Å². The van der Waals surface area contributed by atoms with E-state index in [1.165, 1.54) is 0 Å². The highest BCUT2D eigenvalue weighted by Crippen LogP contribution is 2.30. The molecule has 0 radical (unpaired) electrons. The van der Waals surface area contributed by atoms with E-state index in [9.17, 15) is 4.79 Å². The predicted octanol–water partition coefficient (Wildman–Crippen LogP) is 3.18. The van der Waals surface area contributed by atoms with Crippen LogP contribution in [0.4, 0.5) is 4.79 Å². The summed E-state index contributed by atoms with van der Waals surface area (Å²) >= 11 is 0. The molecule has 0 saturated carbocycles. The van der Waals surface area contributed by atoms with Crippen molar-refractivity contribution in [2.45, 2.75) is 84.1 Å². The molecule has 0 bridgehead atoms. The zero-order valence-electron chi connectivity index (χ0n) is 13.1. The molecule has 0 amide bonds. The van der Waals surface area contributed by atoms with Crippen molar-refractivity contribution in [1.29, 1.82) is 0 Å². The maximum Gasteiger partial charge on any atom is 0.540 e. The Morgan fingerprint density at radius 2 is 1.58 bits per heavy atom. The maximum absolute atomic E-state index is 11.6. The molecule has 0 aliphatic carbocycles. The molecule has 0 aromatic heterocycles. The topological polar surface area (TPSA) is 56.8 Å². The first kappa shape index (κ1) is 16.2.